The number of hydrogen-bond acceptors (Lipinski definition) is 6. The van der Waals surface area contributed by atoms with Crippen LogP contribution >= 0.6 is 0 Å². The largest absolute Gasteiger partial charge is 0.474 e. The lowest BCUT2D eigenvalue weighted by molar-refractivity contribution is 0.00381. The van der Waals surface area contributed by atoms with Crippen LogP contribution in [0, 0.1) is 0 Å². The monoisotopic (exact) mass is 467 g/mol. The van der Waals surface area contributed by atoms with Gasteiger partial charge in [0.1, 0.15) is 17.4 Å². The molecule has 0 spiro atoms. The second kappa shape index (κ2) is 7.11. The summed E-state index contributed by atoms with van der Waals surface area (Å²) in [4.78, 5) is 30.5. The highest BCUT2D eigenvalue weighted by Crippen LogP contribution is 2.55. The van der Waals surface area contributed by atoms with Crippen molar-refractivity contribution in [3.05, 3.63) is 46.5 Å². The lowest BCUT2D eigenvalue weighted by atomic mass is 9.69. The van der Waals surface area contributed by atoms with Crippen molar-refractivity contribution >= 4 is 22.6 Å². The molecule has 2 unspecified atom stereocenters. The van der Waals surface area contributed by atoms with Gasteiger partial charge < -0.3 is 19.4 Å². The summed E-state index contributed by atoms with van der Waals surface area (Å²) in [7, 11) is 0. The first kappa shape index (κ1) is 21.3. The predicted octanol–water partition coefficient (Wildman–Crippen LogP) is 3.19. The summed E-state index contributed by atoms with van der Waals surface area (Å²) >= 11 is 0. The maximum Gasteiger partial charge on any atom is 0.274 e. The zero-order valence-electron chi connectivity index (χ0n) is 19.2. The standard InChI is InChI=1S/C24H26FN5O4/c1-13(2)34-21-15(20(31)26-17-5-4-6-29(22(17)32)18-8-16(18)25)7-14-9-30(28-19(14)27-21)24-10-23(3,11-24)33-12-24/h4-7,9,13,16,18H,8,10-12H2,1-3H3,(H,26,31)/t16?,18?,23-,24+. The van der Waals surface area contributed by atoms with Crippen LogP contribution in [-0.4, -0.2) is 49.7 Å². The molecule has 0 radical (unpaired) electrons. The van der Waals surface area contributed by atoms with Gasteiger partial charge in [-0.25, -0.2) is 4.39 Å². The fourth-order valence-corrected chi connectivity index (χ4v) is 5.24. The fourth-order valence-electron chi connectivity index (χ4n) is 5.24. The van der Waals surface area contributed by atoms with Gasteiger partial charge in [-0.15, -0.1) is 0 Å². The number of fused-ring (bicyclic) bond motifs is 2. The number of carbonyl (C=O) groups is 1. The summed E-state index contributed by atoms with van der Waals surface area (Å²) in [6.45, 7) is 6.39. The van der Waals surface area contributed by atoms with Crippen molar-refractivity contribution in [2.75, 3.05) is 11.9 Å². The zero-order valence-corrected chi connectivity index (χ0v) is 19.2. The van der Waals surface area contributed by atoms with E-state index in [9.17, 15) is 14.0 Å². The summed E-state index contributed by atoms with van der Waals surface area (Å²) in [5, 5.41) is 8.03. The number of amides is 1. The van der Waals surface area contributed by atoms with E-state index in [1.807, 2.05) is 24.7 Å². The van der Waals surface area contributed by atoms with Crippen LogP contribution in [0.2, 0.25) is 0 Å². The Labute approximate surface area is 194 Å². The number of ether oxygens (including phenoxy) is 2. The Morgan fingerprint density at radius 3 is 2.79 bits per heavy atom. The number of alkyl halides is 1. The summed E-state index contributed by atoms with van der Waals surface area (Å²) in [6, 6.07) is 4.34. The van der Waals surface area contributed by atoms with E-state index in [4.69, 9.17) is 9.47 Å². The van der Waals surface area contributed by atoms with Crippen LogP contribution in [0.15, 0.2) is 35.4 Å². The molecule has 10 heteroatoms. The molecule has 34 heavy (non-hydrogen) atoms. The maximum absolute atomic E-state index is 13.5. The minimum atomic E-state index is -1.03. The molecule has 1 N–H and O–H groups in total. The van der Waals surface area contributed by atoms with Crippen molar-refractivity contribution in [3.63, 3.8) is 0 Å². The maximum atomic E-state index is 13.5. The van der Waals surface area contributed by atoms with Crippen molar-refractivity contribution in [3.8, 4) is 5.88 Å². The van der Waals surface area contributed by atoms with E-state index in [1.54, 1.807) is 12.1 Å². The lowest BCUT2D eigenvalue weighted by Gasteiger charge is -2.42. The van der Waals surface area contributed by atoms with Crippen LogP contribution in [0.3, 0.4) is 0 Å². The Morgan fingerprint density at radius 2 is 2.15 bits per heavy atom. The van der Waals surface area contributed by atoms with Gasteiger partial charge in [-0.2, -0.15) is 10.1 Å². The molecule has 2 aliphatic heterocycles. The van der Waals surface area contributed by atoms with E-state index in [1.165, 1.54) is 16.8 Å². The number of halogens is 1. The topological polar surface area (TPSA) is 100 Å². The summed E-state index contributed by atoms with van der Waals surface area (Å²) in [5.74, 6) is -0.384. The third-order valence-electron chi connectivity index (χ3n) is 6.89. The van der Waals surface area contributed by atoms with Crippen molar-refractivity contribution in [1.82, 2.24) is 19.3 Å². The molecular weight excluding hydrogens is 441 g/mol. The van der Waals surface area contributed by atoms with Crippen molar-refractivity contribution in [2.45, 2.75) is 69.5 Å². The molecule has 0 aromatic carbocycles. The molecule has 2 atom stereocenters. The second-order valence-corrected chi connectivity index (χ2v) is 10.2. The average Bonchev–Trinajstić information content (AvgIpc) is 3.08. The predicted molar refractivity (Wildman–Crippen MR) is 122 cm³/mol. The van der Waals surface area contributed by atoms with Crippen LogP contribution in [0.5, 0.6) is 5.88 Å². The molecule has 3 aromatic rings. The van der Waals surface area contributed by atoms with Gasteiger partial charge >= 0.3 is 0 Å². The minimum absolute atomic E-state index is 0.0774. The van der Waals surface area contributed by atoms with E-state index in [2.05, 4.69) is 22.3 Å². The number of pyridine rings is 2. The number of anilines is 1. The molecule has 2 bridgehead atoms. The fraction of sp³-hybridized carbons (Fsp3) is 0.500. The van der Waals surface area contributed by atoms with Crippen molar-refractivity contribution < 1.29 is 18.7 Å². The van der Waals surface area contributed by atoms with Gasteiger partial charge in [0, 0.05) is 37.0 Å². The SMILES string of the molecule is CC(C)Oc1nc2nn([C@]34CO[C@@](C)(C3)C4)cc2cc1C(=O)Nc1cccn(C2CC2F)c1=O. The first-order chi connectivity index (χ1) is 16.2. The highest BCUT2D eigenvalue weighted by atomic mass is 19.1. The van der Waals surface area contributed by atoms with Crippen LogP contribution in [0.4, 0.5) is 10.1 Å². The Kier molecular flexibility index (Phi) is 4.45. The van der Waals surface area contributed by atoms with E-state index in [0.717, 1.165) is 12.8 Å². The Hall–Kier alpha value is -3.27. The van der Waals surface area contributed by atoms with Gasteiger partial charge in [0.05, 0.1) is 29.9 Å². The number of hydrogen-bond donors (Lipinski definition) is 1. The quantitative estimate of drug-likeness (QED) is 0.598. The summed E-state index contributed by atoms with van der Waals surface area (Å²) in [5.41, 5.74) is 0.0451. The molecule has 1 amide bonds. The van der Waals surface area contributed by atoms with Crippen molar-refractivity contribution in [1.29, 1.82) is 0 Å². The molecule has 4 aliphatic rings. The molecule has 9 nitrogen and oxygen atoms in total. The van der Waals surface area contributed by atoms with Gasteiger partial charge in [-0.3, -0.25) is 14.3 Å². The summed E-state index contributed by atoms with van der Waals surface area (Å²) in [6.07, 6.45) is 4.25. The highest BCUT2D eigenvalue weighted by Gasteiger charge is 2.61. The van der Waals surface area contributed by atoms with Crippen LogP contribution in [0.1, 0.15) is 56.4 Å². The molecule has 5 heterocycles. The third-order valence-corrected chi connectivity index (χ3v) is 6.89. The highest BCUT2D eigenvalue weighted by molar-refractivity contribution is 6.07. The smallest absolute Gasteiger partial charge is 0.274 e. The van der Waals surface area contributed by atoms with E-state index >= 15 is 0 Å². The van der Waals surface area contributed by atoms with Crippen LogP contribution in [0.25, 0.3) is 11.0 Å². The molecule has 2 saturated heterocycles. The molecule has 3 aromatic heterocycles. The van der Waals surface area contributed by atoms with E-state index in [0.29, 0.717) is 24.1 Å². The number of rotatable bonds is 6. The first-order valence-electron chi connectivity index (χ1n) is 11.5. The van der Waals surface area contributed by atoms with E-state index < -0.39 is 23.7 Å². The van der Waals surface area contributed by atoms with Gasteiger partial charge in [0.25, 0.3) is 11.5 Å². The molecule has 4 fully saturated rings. The first-order valence-corrected chi connectivity index (χ1v) is 11.5. The third kappa shape index (κ3) is 3.31. The number of nitrogens with one attached hydrogen (secondary N) is 1. The normalized spacial score (nSPS) is 29.3. The van der Waals surface area contributed by atoms with Gasteiger partial charge in [-0.1, -0.05) is 0 Å². The minimum Gasteiger partial charge on any atom is -0.474 e. The lowest BCUT2D eigenvalue weighted by Crippen LogP contribution is -2.49. The average molecular weight is 468 g/mol. The number of nitrogens with zero attached hydrogens (tertiary/aromatic N) is 4. The van der Waals surface area contributed by atoms with Crippen LogP contribution < -0.4 is 15.6 Å². The van der Waals surface area contributed by atoms with Crippen LogP contribution in [-0.2, 0) is 10.3 Å². The van der Waals surface area contributed by atoms with Gasteiger partial charge in [0.15, 0.2) is 5.65 Å². The van der Waals surface area contributed by atoms with E-state index in [-0.39, 0.29) is 34.4 Å². The molecule has 2 aliphatic carbocycles. The zero-order chi connectivity index (χ0) is 23.8. The Balaban J connectivity index is 1.35. The van der Waals surface area contributed by atoms with Gasteiger partial charge in [0.2, 0.25) is 5.88 Å². The Morgan fingerprint density at radius 1 is 1.38 bits per heavy atom. The number of aromatic nitrogens is 4. The Bertz CT molecular complexity index is 1370. The molecular formula is C24H26FN5O4. The molecule has 178 valence electrons. The number of carbonyl (C=O) groups excluding carboxylic acids is 1. The van der Waals surface area contributed by atoms with Gasteiger partial charge in [-0.05, 0) is 39.0 Å². The molecule has 7 rings (SSSR count). The molecule has 2 saturated carbocycles. The summed E-state index contributed by atoms with van der Waals surface area (Å²) < 4.78 is 28.5. The second-order valence-electron chi connectivity index (χ2n) is 10.2. The van der Waals surface area contributed by atoms with Crippen molar-refractivity contribution in [2.24, 2.45) is 0 Å².